The average molecular weight is 308 g/mol. The van der Waals surface area contributed by atoms with Gasteiger partial charge in [-0.05, 0) is 12.8 Å². The molecular formula is C12H16N6O2S. The average Bonchev–Trinajstić information content (AvgIpc) is 3.02. The van der Waals surface area contributed by atoms with Gasteiger partial charge in [-0.1, -0.05) is 19.3 Å². The van der Waals surface area contributed by atoms with Crippen LogP contribution in [0.15, 0.2) is 25.0 Å². The Morgan fingerprint density at radius 1 is 1.14 bits per heavy atom. The summed E-state index contributed by atoms with van der Waals surface area (Å²) in [5.74, 6) is 0.713. The van der Waals surface area contributed by atoms with Gasteiger partial charge in [-0.3, -0.25) is 4.72 Å². The highest BCUT2D eigenvalue weighted by Crippen LogP contribution is 2.24. The number of rotatable bonds is 4. The number of nitrogens with one attached hydrogen (secondary N) is 1. The molecule has 2 aromatic heterocycles. The smallest absolute Gasteiger partial charge is 0.236 e. The highest BCUT2D eigenvalue weighted by molar-refractivity contribution is 7.93. The van der Waals surface area contributed by atoms with Gasteiger partial charge < -0.3 is 0 Å². The Hall–Kier alpha value is -2.03. The second-order valence-electron chi connectivity index (χ2n) is 5.01. The number of hydrogen-bond acceptors (Lipinski definition) is 6. The third-order valence-electron chi connectivity index (χ3n) is 3.54. The number of anilines is 1. The molecule has 0 aliphatic heterocycles. The van der Waals surface area contributed by atoms with Gasteiger partial charge in [0.1, 0.15) is 24.8 Å². The number of nitrogens with zero attached hydrogens (tertiary/aromatic N) is 5. The Morgan fingerprint density at radius 2 is 1.95 bits per heavy atom. The SMILES string of the molecule is O=S(=O)(Nc1cc(-n2cncn2)ncn1)C1CCCCC1. The largest absolute Gasteiger partial charge is 0.267 e. The van der Waals surface area contributed by atoms with Crippen LogP contribution in [0.1, 0.15) is 32.1 Å². The van der Waals surface area contributed by atoms with E-state index in [1.165, 1.54) is 29.7 Å². The minimum absolute atomic E-state index is 0.251. The molecule has 0 radical (unpaired) electrons. The number of hydrogen-bond donors (Lipinski definition) is 1. The summed E-state index contributed by atoms with van der Waals surface area (Å²) in [4.78, 5) is 11.8. The Morgan fingerprint density at radius 3 is 2.67 bits per heavy atom. The molecule has 0 aromatic carbocycles. The lowest BCUT2D eigenvalue weighted by molar-refractivity contribution is 0.486. The quantitative estimate of drug-likeness (QED) is 0.908. The van der Waals surface area contributed by atoms with Crippen LogP contribution in [0.4, 0.5) is 5.82 Å². The molecule has 1 aliphatic carbocycles. The molecule has 112 valence electrons. The molecule has 8 nitrogen and oxygen atoms in total. The maximum absolute atomic E-state index is 12.3. The zero-order valence-corrected chi connectivity index (χ0v) is 12.2. The van der Waals surface area contributed by atoms with Crippen LogP contribution in [0.3, 0.4) is 0 Å². The molecule has 0 unspecified atom stereocenters. The van der Waals surface area contributed by atoms with Crippen LogP contribution in [0.5, 0.6) is 0 Å². The fourth-order valence-electron chi connectivity index (χ4n) is 2.46. The lowest BCUT2D eigenvalue weighted by atomic mass is 10.0. The van der Waals surface area contributed by atoms with Crippen LogP contribution >= 0.6 is 0 Å². The monoisotopic (exact) mass is 308 g/mol. The van der Waals surface area contributed by atoms with Gasteiger partial charge in [0.05, 0.1) is 5.25 Å². The van der Waals surface area contributed by atoms with Crippen LogP contribution in [0, 0.1) is 0 Å². The van der Waals surface area contributed by atoms with E-state index in [9.17, 15) is 8.42 Å². The van der Waals surface area contributed by atoms with Gasteiger partial charge in [-0.15, -0.1) is 0 Å². The first kappa shape index (κ1) is 13.9. The molecule has 0 amide bonds. The highest BCUT2D eigenvalue weighted by Gasteiger charge is 2.27. The molecule has 1 N–H and O–H groups in total. The normalized spacial score (nSPS) is 16.8. The highest BCUT2D eigenvalue weighted by atomic mass is 32.2. The van der Waals surface area contributed by atoms with E-state index in [-0.39, 0.29) is 11.1 Å². The van der Waals surface area contributed by atoms with Crippen LogP contribution < -0.4 is 4.72 Å². The van der Waals surface area contributed by atoms with Gasteiger partial charge in [0.25, 0.3) is 0 Å². The summed E-state index contributed by atoms with van der Waals surface area (Å²) < 4.78 is 28.7. The molecule has 1 saturated carbocycles. The summed E-state index contributed by atoms with van der Waals surface area (Å²) in [5, 5.41) is 3.61. The first-order valence-corrected chi connectivity index (χ1v) is 8.38. The molecule has 2 aromatic rings. The first-order chi connectivity index (χ1) is 10.1. The Balaban J connectivity index is 1.80. The Kier molecular flexibility index (Phi) is 3.82. The predicted molar refractivity (Wildman–Crippen MR) is 76.4 cm³/mol. The summed E-state index contributed by atoms with van der Waals surface area (Å²) >= 11 is 0. The van der Waals surface area contributed by atoms with Crippen LogP contribution in [0.2, 0.25) is 0 Å². The van der Waals surface area contributed by atoms with Gasteiger partial charge in [0.15, 0.2) is 5.82 Å². The van der Waals surface area contributed by atoms with E-state index in [2.05, 4.69) is 24.8 Å². The van der Waals surface area contributed by atoms with E-state index in [1.807, 2.05) is 0 Å². The van der Waals surface area contributed by atoms with Crippen molar-refractivity contribution < 1.29 is 8.42 Å². The molecule has 0 spiro atoms. The fraction of sp³-hybridized carbons (Fsp3) is 0.500. The molecule has 2 heterocycles. The molecular weight excluding hydrogens is 292 g/mol. The second-order valence-corrected chi connectivity index (χ2v) is 6.97. The summed E-state index contributed by atoms with van der Waals surface area (Å²) in [7, 11) is -3.41. The van der Waals surface area contributed by atoms with Crippen LogP contribution in [0.25, 0.3) is 5.82 Å². The molecule has 0 atom stereocenters. The molecule has 3 rings (SSSR count). The topological polar surface area (TPSA) is 103 Å². The Bertz CT molecular complexity index is 694. The summed E-state index contributed by atoms with van der Waals surface area (Å²) in [6, 6.07) is 1.54. The second kappa shape index (κ2) is 5.76. The van der Waals surface area contributed by atoms with Crippen LogP contribution in [-0.4, -0.2) is 38.4 Å². The van der Waals surface area contributed by atoms with Crippen molar-refractivity contribution in [2.75, 3.05) is 4.72 Å². The number of aromatic nitrogens is 5. The van der Waals surface area contributed by atoms with Crippen molar-refractivity contribution in [2.45, 2.75) is 37.4 Å². The first-order valence-electron chi connectivity index (χ1n) is 6.84. The summed E-state index contributed by atoms with van der Waals surface area (Å²) in [6.07, 6.45) is 8.60. The third-order valence-corrected chi connectivity index (χ3v) is 5.39. The van der Waals surface area contributed by atoms with Gasteiger partial charge in [-0.2, -0.15) is 5.10 Å². The van der Waals surface area contributed by atoms with Gasteiger partial charge in [0, 0.05) is 6.07 Å². The maximum atomic E-state index is 12.3. The van der Waals surface area contributed by atoms with Crippen molar-refractivity contribution >= 4 is 15.8 Å². The predicted octanol–water partition coefficient (Wildman–Crippen LogP) is 1.13. The van der Waals surface area contributed by atoms with Crippen molar-refractivity contribution in [3.63, 3.8) is 0 Å². The van der Waals surface area contributed by atoms with Crippen molar-refractivity contribution in [1.82, 2.24) is 24.7 Å². The molecule has 0 bridgehead atoms. The Labute approximate surface area is 122 Å². The molecule has 9 heteroatoms. The molecule has 1 fully saturated rings. The molecule has 0 saturated heterocycles. The standard InChI is InChI=1S/C12H16N6O2S/c19-21(20,10-4-2-1-3-5-10)17-11-6-12(15-8-14-11)18-9-13-7-16-18/h6-10H,1-5H2,(H,14,15,17). The van der Waals surface area contributed by atoms with E-state index in [1.54, 1.807) is 0 Å². The summed E-state index contributed by atoms with van der Waals surface area (Å²) in [5.41, 5.74) is 0. The summed E-state index contributed by atoms with van der Waals surface area (Å²) in [6.45, 7) is 0. The van der Waals surface area contributed by atoms with E-state index >= 15 is 0 Å². The van der Waals surface area contributed by atoms with E-state index in [0.717, 1.165) is 19.3 Å². The number of sulfonamides is 1. The van der Waals surface area contributed by atoms with E-state index in [4.69, 9.17) is 0 Å². The van der Waals surface area contributed by atoms with Gasteiger partial charge in [0.2, 0.25) is 10.0 Å². The zero-order valence-electron chi connectivity index (χ0n) is 11.4. The van der Waals surface area contributed by atoms with E-state index < -0.39 is 10.0 Å². The maximum Gasteiger partial charge on any atom is 0.236 e. The van der Waals surface area contributed by atoms with Crippen molar-refractivity contribution in [1.29, 1.82) is 0 Å². The van der Waals surface area contributed by atoms with E-state index in [0.29, 0.717) is 18.7 Å². The van der Waals surface area contributed by atoms with Gasteiger partial charge >= 0.3 is 0 Å². The van der Waals surface area contributed by atoms with Crippen LogP contribution in [-0.2, 0) is 10.0 Å². The van der Waals surface area contributed by atoms with Crippen molar-refractivity contribution in [2.24, 2.45) is 0 Å². The third kappa shape index (κ3) is 3.18. The lowest BCUT2D eigenvalue weighted by Crippen LogP contribution is -2.30. The lowest BCUT2D eigenvalue weighted by Gasteiger charge is -2.22. The van der Waals surface area contributed by atoms with Crippen molar-refractivity contribution in [3.05, 3.63) is 25.0 Å². The van der Waals surface area contributed by atoms with Gasteiger partial charge in [-0.25, -0.2) is 28.1 Å². The molecule has 1 aliphatic rings. The zero-order chi connectivity index (χ0) is 14.7. The fourth-order valence-corrected chi connectivity index (χ4v) is 3.98. The minimum Gasteiger partial charge on any atom is -0.267 e. The molecule has 21 heavy (non-hydrogen) atoms. The minimum atomic E-state index is -3.41. The van der Waals surface area contributed by atoms with Crippen molar-refractivity contribution in [3.8, 4) is 5.82 Å².